The van der Waals surface area contributed by atoms with Crippen LogP contribution in [0.5, 0.6) is 0 Å². The Morgan fingerprint density at radius 2 is 0.966 bits per heavy atom. The van der Waals surface area contributed by atoms with Crippen molar-refractivity contribution in [3.8, 4) is 11.1 Å². The number of anilines is 7. The van der Waals surface area contributed by atoms with Crippen LogP contribution in [0.1, 0.15) is 107 Å². The monoisotopic (exact) mass is 1140 g/mol. The fourth-order valence-electron chi connectivity index (χ4n) is 13.4. The van der Waals surface area contributed by atoms with Crippen molar-refractivity contribution in [1.29, 1.82) is 0 Å². The lowest BCUT2D eigenvalue weighted by molar-refractivity contribution is 0.622. The second-order valence-corrected chi connectivity index (χ2v) is 24.9. The predicted octanol–water partition coefficient (Wildman–Crippen LogP) is 23.1. The summed E-state index contributed by atoms with van der Waals surface area (Å²) in [5.41, 5.74) is 28.8. The molecule has 0 saturated carbocycles. The summed E-state index contributed by atoms with van der Waals surface area (Å²) in [5.74, 6) is 0.618. The number of allylic oxidation sites excluding steroid dienone is 12. The van der Waals surface area contributed by atoms with E-state index in [9.17, 15) is 0 Å². The van der Waals surface area contributed by atoms with E-state index in [1.807, 2.05) is 6.08 Å². The first kappa shape index (κ1) is 58.7. The molecule has 0 aliphatic heterocycles. The van der Waals surface area contributed by atoms with E-state index < -0.39 is 5.41 Å². The molecule has 3 aliphatic rings. The minimum atomic E-state index is -0.836. The van der Waals surface area contributed by atoms with Crippen LogP contribution in [0.4, 0.5) is 39.8 Å². The molecular weight excluding hydrogens is 1060 g/mol. The van der Waals surface area contributed by atoms with E-state index in [1.54, 1.807) is 0 Å². The number of hydrogen-bond donors (Lipinski definition) is 0. The summed E-state index contributed by atoms with van der Waals surface area (Å²) in [6.45, 7) is 26.0. The quantitative estimate of drug-likeness (QED) is 0.0842. The Hall–Kier alpha value is -9.70. The van der Waals surface area contributed by atoms with Gasteiger partial charge in [0, 0.05) is 57.1 Å². The molecule has 0 saturated heterocycles. The lowest BCUT2D eigenvalue weighted by Crippen LogP contribution is -2.29. The lowest BCUT2D eigenvalue weighted by atomic mass is 9.68. The first-order valence-corrected chi connectivity index (χ1v) is 31.4. The third-order valence-corrected chi connectivity index (χ3v) is 18.1. The number of rotatable bonds is 17. The first-order chi connectivity index (χ1) is 42.7. The highest BCUT2D eigenvalue weighted by molar-refractivity contribution is 5.96. The molecule has 0 heterocycles. The van der Waals surface area contributed by atoms with Gasteiger partial charge in [-0.25, -0.2) is 0 Å². The lowest BCUT2D eigenvalue weighted by Gasteiger charge is -2.36. The van der Waals surface area contributed by atoms with Gasteiger partial charge in [0.1, 0.15) is 0 Å². The highest BCUT2D eigenvalue weighted by Gasteiger charge is 2.51. The van der Waals surface area contributed by atoms with Gasteiger partial charge >= 0.3 is 0 Å². The van der Waals surface area contributed by atoms with Crippen molar-refractivity contribution in [2.24, 2.45) is 11.8 Å². The molecule has 3 heteroatoms. The molecule has 4 unspecified atom stereocenters. The van der Waals surface area contributed by atoms with Crippen molar-refractivity contribution in [3.63, 3.8) is 0 Å². The Balaban J connectivity index is 1.19. The Labute approximate surface area is 524 Å². The minimum Gasteiger partial charge on any atom is -0.311 e. The fourth-order valence-corrected chi connectivity index (χ4v) is 13.4. The van der Waals surface area contributed by atoms with Crippen LogP contribution in [0.15, 0.2) is 290 Å². The molecule has 3 nitrogen and oxygen atoms in total. The maximum Gasteiger partial charge on any atom is 0.0721 e. The molecule has 9 aromatic rings. The second kappa shape index (κ2) is 25.0. The maximum atomic E-state index is 4.02. The van der Waals surface area contributed by atoms with E-state index in [2.05, 4.69) is 351 Å². The van der Waals surface area contributed by atoms with E-state index in [-0.39, 0.29) is 11.8 Å². The number of fused-ring (bicyclic) bond motifs is 7. The highest BCUT2D eigenvalue weighted by Crippen LogP contribution is 2.63. The zero-order chi connectivity index (χ0) is 61.2. The fraction of sp³-hybridized carbons (Fsp3) is 0.176. The largest absolute Gasteiger partial charge is 0.311 e. The molecule has 9 aromatic carbocycles. The predicted molar refractivity (Wildman–Crippen MR) is 377 cm³/mol. The number of aryl methyl sites for hydroxylation is 6. The first-order valence-electron chi connectivity index (χ1n) is 31.4. The number of nitrogens with zero attached hydrogens (tertiary/aromatic N) is 3. The van der Waals surface area contributed by atoms with Crippen LogP contribution < -0.4 is 14.7 Å². The molecule has 12 rings (SSSR count). The van der Waals surface area contributed by atoms with Gasteiger partial charge in [0.05, 0.1) is 5.41 Å². The Bertz CT molecular complexity index is 4180. The Kier molecular flexibility index (Phi) is 16.6. The third-order valence-electron chi connectivity index (χ3n) is 18.1. The van der Waals surface area contributed by atoms with Crippen LogP contribution in [0.3, 0.4) is 0 Å². The highest BCUT2D eigenvalue weighted by atomic mass is 15.2. The van der Waals surface area contributed by atoms with E-state index in [4.69, 9.17) is 0 Å². The van der Waals surface area contributed by atoms with Crippen molar-refractivity contribution in [2.75, 3.05) is 14.7 Å². The summed E-state index contributed by atoms with van der Waals surface area (Å²) in [4.78, 5) is 7.37. The van der Waals surface area contributed by atoms with Gasteiger partial charge in [-0.15, -0.1) is 0 Å². The number of hydrogen-bond acceptors (Lipinski definition) is 3. The van der Waals surface area contributed by atoms with Crippen molar-refractivity contribution < 1.29 is 0 Å². The molecular formula is C85H81N3. The molecule has 0 aromatic heterocycles. The van der Waals surface area contributed by atoms with Crippen molar-refractivity contribution in [2.45, 2.75) is 87.0 Å². The third kappa shape index (κ3) is 11.5. The summed E-state index contributed by atoms with van der Waals surface area (Å²) in [7, 11) is 0. The molecule has 0 radical (unpaired) electrons. The molecule has 3 aliphatic carbocycles. The molecule has 0 bridgehead atoms. The molecule has 0 amide bonds. The summed E-state index contributed by atoms with van der Waals surface area (Å²) < 4.78 is 0. The molecule has 4 atom stereocenters. The van der Waals surface area contributed by atoms with Gasteiger partial charge in [-0.1, -0.05) is 217 Å². The van der Waals surface area contributed by atoms with Gasteiger partial charge in [0.2, 0.25) is 0 Å². The molecule has 0 fully saturated rings. The van der Waals surface area contributed by atoms with Gasteiger partial charge in [0.15, 0.2) is 0 Å². The molecule has 88 heavy (non-hydrogen) atoms. The summed E-state index contributed by atoms with van der Waals surface area (Å²) in [6, 6.07) is 76.3. The Morgan fingerprint density at radius 3 is 1.45 bits per heavy atom. The average molecular weight is 1140 g/mol. The average Bonchev–Trinajstić information content (AvgIpc) is 1.52. The van der Waals surface area contributed by atoms with E-state index in [1.165, 1.54) is 89.0 Å². The van der Waals surface area contributed by atoms with E-state index in [0.717, 1.165) is 57.6 Å². The van der Waals surface area contributed by atoms with Crippen LogP contribution in [-0.4, -0.2) is 0 Å². The van der Waals surface area contributed by atoms with Gasteiger partial charge in [-0.05, 0) is 233 Å². The van der Waals surface area contributed by atoms with E-state index in [0.29, 0.717) is 5.92 Å². The van der Waals surface area contributed by atoms with Crippen LogP contribution in [0.2, 0.25) is 0 Å². The molecule has 1 spiro atoms. The van der Waals surface area contributed by atoms with Gasteiger partial charge in [0.25, 0.3) is 0 Å². The van der Waals surface area contributed by atoms with Gasteiger partial charge < -0.3 is 14.7 Å². The van der Waals surface area contributed by atoms with Crippen molar-refractivity contribution in [3.05, 3.63) is 357 Å². The van der Waals surface area contributed by atoms with Crippen LogP contribution in [0.25, 0.3) is 17.2 Å². The second-order valence-electron chi connectivity index (χ2n) is 24.9. The van der Waals surface area contributed by atoms with Gasteiger partial charge in [-0.2, -0.15) is 0 Å². The SMILES string of the molecule is C=C/C=C(C)\C=C/C(C)C(c1ccc(C)cc1)c1ccc2c(c1)C1(C(/C=C(\C=C/C)N(C3=CCC(C)C=C3)c3ccc(C)cc3)=Cc3ccc(N(c4ccc(C)cc4)c4ccc(C)cc4)cc31)c1cc(N(c3ccc(C)cc3)c3ccc(C)cc3)ccc1-2. The van der Waals surface area contributed by atoms with Crippen LogP contribution in [-0.2, 0) is 5.41 Å². The molecule has 436 valence electrons. The number of benzene rings is 9. The Morgan fingerprint density at radius 1 is 0.523 bits per heavy atom. The van der Waals surface area contributed by atoms with Gasteiger partial charge in [-0.3, -0.25) is 0 Å². The van der Waals surface area contributed by atoms with E-state index >= 15 is 0 Å². The molecule has 0 N–H and O–H groups in total. The summed E-state index contributed by atoms with van der Waals surface area (Å²) in [6.07, 6.45) is 26.3. The van der Waals surface area contributed by atoms with Crippen molar-refractivity contribution in [1.82, 2.24) is 0 Å². The minimum absolute atomic E-state index is 0.0327. The smallest absolute Gasteiger partial charge is 0.0721 e. The summed E-state index contributed by atoms with van der Waals surface area (Å²) >= 11 is 0. The summed E-state index contributed by atoms with van der Waals surface area (Å²) in [5, 5.41) is 0. The zero-order valence-electron chi connectivity index (χ0n) is 52.9. The normalized spacial score (nSPS) is 16.7. The maximum absolute atomic E-state index is 4.02. The van der Waals surface area contributed by atoms with Crippen LogP contribution in [0, 0.1) is 53.4 Å². The van der Waals surface area contributed by atoms with Crippen molar-refractivity contribution >= 4 is 45.9 Å². The zero-order valence-corrected chi connectivity index (χ0v) is 52.9. The van der Waals surface area contributed by atoms with Crippen LogP contribution >= 0.6 is 0 Å². The topological polar surface area (TPSA) is 9.72 Å². The standard InChI is InChI=1S/C85H81N3/c1-12-14-57(3)16-31-65(11)84(66-32-17-58(4)18-33-66)68-35-50-79-80-51-49-78(88(74-44-27-63(9)28-45-74)75-46-29-64(10)30-47-75)56-83(80)85(82(79)53-68)69(54-76(15-13-2)86(70-36-19-59(5)20-37-70)71-38-21-60(6)22-39-71)52-67-34-48-77(55-81(67)85)87(72-40-23-61(7)24-41-72)73-42-25-62(8)26-43-73/h12-21,23-56,60,65,84H,1,22H2,2-11H3/b15-13-,31-16-,57-14-,76-54+.